The molecule has 1 aliphatic heterocycles. The van der Waals surface area contributed by atoms with Gasteiger partial charge in [-0.15, -0.1) is 0 Å². The summed E-state index contributed by atoms with van der Waals surface area (Å²) in [6.45, 7) is 8.31. The van der Waals surface area contributed by atoms with E-state index in [9.17, 15) is 18.0 Å². The molecule has 1 N–H and O–H groups in total. The molecule has 0 atom stereocenters. The monoisotopic (exact) mass is 367 g/mol. The first-order valence-electron chi connectivity index (χ1n) is 8.19. The molecule has 1 aliphatic rings. The van der Waals surface area contributed by atoms with Crippen LogP contribution in [0.2, 0.25) is 0 Å². The highest BCUT2D eigenvalue weighted by molar-refractivity contribution is 7.89. The maximum Gasteiger partial charge on any atom is 0.251 e. The molecule has 1 aromatic carbocycles. The average Bonchev–Trinajstić information content (AvgIpc) is 2.53. The van der Waals surface area contributed by atoms with E-state index in [2.05, 4.69) is 5.32 Å². The molecule has 2 amide bonds. The van der Waals surface area contributed by atoms with Crippen molar-refractivity contribution in [2.24, 2.45) is 0 Å². The highest BCUT2D eigenvalue weighted by atomic mass is 32.2. The highest BCUT2D eigenvalue weighted by Gasteiger charge is 2.29. The summed E-state index contributed by atoms with van der Waals surface area (Å²) in [5.41, 5.74) is -0.104. The van der Waals surface area contributed by atoms with E-state index in [-0.39, 0.29) is 29.8 Å². The van der Waals surface area contributed by atoms with Crippen LogP contribution in [0.1, 0.15) is 38.1 Å². The number of amides is 2. The van der Waals surface area contributed by atoms with Gasteiger partial charge in [-0.05, 0) is 39.0 Å². The van der Waals surface area contributed by atoms with E-state index in [1.807, 2.05) is 20.8 Å². The zero-order valence-corrected chi connectivity index (χ0v) is 15.9. The van der Waals surface area contributed by atoms with Crippen LogP contribution >= 0.6 is 0 Å². The van der Waals surface area contributed by atoms with Crippen molar-refractivity contribution in [3.05, 3.63) is 29.8 Å². The van der Waals surface area contributed by atoms with Gasteiger partial charge in [0.05, 0.1) is 4.90 Å². The fourth-order valence-electron chi connectivity index (χ4n) is 2.60. The topological polar surface area (TPSA) is 86.8 Å². The SMILES string of the molecule is CC(=O)N1CCN(S(=O)(=O)c2cccc(C(=O)NC(C)(C)C)c2)CC1. The molecule has 1 saturated heterocycles. The minimum absolute atomic E-state index is 0.0575. The van der Waals surface area contributed by atoms with Crippen molar-refractivity contribution < 1.29 is 18.0 Å². The van der Waals surface area contributed by atoms with Gasteiger partial charge in [-0.2, -0.15) is 4.31 Å². The predicted molar refractivity (Wildman–Crippen MR) is 94.7 cm³/mol. The van der Waals surface area contributed by atoms with Gasteiger partial charge in [-0.1, -0.05) is 6.07 Å². The Hall–Kier alpha value is -1.93. The van der Waals surface area contributed by atoms with Crippen molar-refractivity contribution in [3.63, 3.8) is 0 Å². The summed E-state index contributed by atoms with van der Waals surface area (Å²) in [6.07, 6.45) is 0. The van der Waals surface area contributed by atoms with Crippen molar-refractivity contribution in [2.45, 2.75) is 38.1 Å². The third-order valence-electron chi connectivity index (χ3n) is 3.91. The number of hydrogen-bond donors (Lipinski definition) is 1. The van der Waals surface area contributed by atoms with Gasteiger partial charge in [-0.25, -0.2) is 8.42 Å². The van der Waals surface area contributed by atoms with Gasteiger partial charge in [0.1, 0.15) is 0 Å². The number of rotatable bonds is 3. The first-order valence-corrected chi connectivity index (χ1v) is 9.63. The van der Waals surface area contributed by atoms with Crippen LogP contribution < -0.4 is 5.32 Å². The first kappa shape index (κ1) is 19.4. The summed E-state index contributed by atoms with van der Waals surface area (Å²) in [5.74, 6) is -0.371. The van der Waals surface area contributed by atoms with Gasteiger partial charge >= 0.3 is 0 Å². The van der Waals surface area contributed by atoms with Crippen molar-refractivity contribution in [3.8, 4) is 0 Å². The number of hydrogen-bond acceptors (Lipinski definition) is 4. The van der Waals surface area contributed by atoms with Crippen LogP contribution in [0.3, 0.4) is 0 Å². The second kappa shape index (κ2) is 7.13. The molecular weight excluding hydrogens is 342 g/mol. The Morgan fingerprint density at radius 2 is 1.68 bits per heavy atom. The average molecular weight is 367 g/mol. The summed E-state index contributed by atoms with van der Waals surface area (Å²) < 4.78 is 27.0. The Labute approximate surface area is 149 Å². The lowest BCUT2D eigenvalue weighted by molar-refractivity contribution is -0.129. The molecule has 0 aliphatic carbocycles. The molecule has 0 bridgehead atoms. The number of carbonyl (C=O) groups is 2. The Morgan fingerprint density at radius 1 is 1.08 bits per heavy atom. The lowest BCUT2D eigenvalue weighted by Gasteiger charge is -2.33. The zero-order valence-electron chi connectivity index (χ0n) is 15.1. The molecule has 0 spiro atoms. The van der Waals surface area contributed by atoms with Crippen molar-refractivity contribution in [1.29, 1.82) is 0 Å². The molecule has 0 aromatic heterocycles. The van der Waals surface area contributed by atoms with E-state index in [4.69, 9.17) is 0 Å². The van der Waals surface area contributed by atoms with Crippen LogP contribution in [0.5, 0.6) is 0 Å². The predicted octanol–water partition coefficient (Wildman–Crippen LogP) is 1.07. The highest BCUT2D eigenvalue weighted by Crippen LogP contribution is 2.19. The molecule has 1 heterocycles. The van der Waals surface area contributed by atoms with Crippen molar-refractivity contribution >= 4 is 21.8 Å². The minimum atomic E-state index is -3.70. The van der Waals surface area contributed by atoms with Crippen LogP contribution in [0.4, 0.5) is 0 Å². The molecule has 2 rings (SSSR count). The smallest absolute Gasteiger partial charge is 0.251 e. The summed E-state index contributed by atoms with van der Waals surface area (Å²) in [6, 6.07) is 6.04. The molecule has 0 radical (unpaired) electrons. The Morgan fingerprint density at radius 3 is 2.20 bits per heavy atom. The Balaban J connectivity index is 2.19. The standard InChI is InChI=1S/C17H25N3O4S/c1-13(21)19-8-10-20(11-9-19)25(23,24)15-7-5-6-14(12-15)16(22)18-17(2,3)4/h5-7,12H,8-11H2,1-4H3,(H,18,22). The van der Waals surface area contributed by atoms with Crippen LogP contribution in [0.15, 0.2) is 29.2 Å². The van der Waals surface area contributed by atoms with Gasteiger partial charge < -0.3 is 10.2 Å². The number of nitrogens with zero attached hydrogens (tertiary/aromatic N) is 2. The van der Waals surface area contributed by atoms with E-state index < -0.39 is 15.6 Å². The Kier molecular flexibility index (Phi) is 5.53. The van der Waals surface area contributed by atoms with Crippen LogP contribution in [-0.4, -0.2) is 61.2 Å². The van der Waals surface area contributed by atoms with Gasteiger partial charge in [0, 0.05) is 44.2 Å². The van der Waals surface area contributed by atoms with Crippen molar-refractivity contribution in [2.75, 3.05) is 26.2 Å². The first-order chi connectivity index (χ1) is 11.5. The fourth-order valence-corrected chi connectivity index (χ4v) is 4.07. The van der Waals surface area contributed by atoms with Gasteiger partial charge in [0.25, 0.3) is 5.91 Å². The third-order valence-corrected chi connectivity index (χ3v) is 5.80. The molecule has 0 unspecified atom stereocenters. The minimum Gasteiger partial charge on any atom is -0.347 e. The fraction of sp³-hybridized carbons (Fsp3) is 0.529. The number of sulfonamides is 1. The van der Waals surface area contributed by atoms with Crippen LogP contribution in [0, 0.1) is 0 Å². The summed E-state index contributed by atoms with van der Waals surface area (Å²) >= 11 is 0. The lowest BCUT2D eigenvalue weighted by Crippen LogP contribution is -2.49. The normalized spacial score (nSPS) is 16.6. The van der Waals surface area contributed by atoms with Gasteiger partial charge in [0.15, 0.2) is 0 Å². The van der Waals surface area contributed by atoms with Crippen molar-refractivity contribution in [1.82, 2.24) is 14.5 Å². The lowest BCUT2D eigenvalue weighted by atomic mass is 10.1. The number of benzene rings is 1. The van der Waals surface area contributed by atoms with Gasteiger partial charge in [-0.3, -0.25) is 9.59 Å². The second-order valence-electron chi connectivity index (χ2n) is 7.14. The van der Waals surface area contributed by atoms with E-state index in [0.29, 0.717) is 18.7 Å². The van der Waals surface area contributed by atoms with E-state index in [1.165, 1.54) is 23.4 Å². The van der Waals surface area contributed by atoms with E-state index in [0.717, 1.165) is 0 Å². The van der Waals surface area contributed by atoms with E-state index >= 15 is 0 Å². The maximum absolute atomic E-state index is 12.8. The second-order valence-corrected chi connectivity index (χ2v) is 9.08. The quantitative estimate of drug-likeness (QED) is 0.866. The molecule has 7 nitrogen and oxygen atoms in total. The summed E-state index contributed by atoms with van der Waals surface area (Å²) in [4.78, 5) is 25.4. The number of nitrogens with one attached hydrogen (secondary N) is 1. The number of piperazine rings is 1. The molecule has 8 heteroatoms. The zero-order chi connectivity index (χ0) is 18.8. The summed E-state index contributed by atoms with van der Waals surface area (Å²) in [7, 11) is -3.70. The Bertz CT molecular complexity index is 760. The number of carbonyl (C=O) groups excluding carboxylic acids is 2. The van der Waals surface area contributed by atoms with Crippen LogP contribution in [-0.2, 0) is 14.8 Å². The molecule has 1 fully saturated rings. The molecule has 138 valence electrons. The molecule has 0 saturated carbocycles. The van der Waals surface area contributed by atoms with E-state index in [1.54, 1.807) is 17.0 Å². The third kappa shape index (κ3) is 4.79. The summed E-state index contributed by atoms with van der Waals surface area (Å²) in [5, 5.41) is 2.82. The molecular formula is C17H25N3O4S. The van der Waals surface area contributed by atoms with Gasteiger partial charge in [0.2, 0.25) is 15.9 Å². The molecule has 25 heavy (non-hydrogen) atoms. The van der Waals surface area contributed by atoms with Crippen LogP contribution in [0.25, 0.3) is 0 Å². The molecule has 1 aromatic rings. The maximum atomic E-state index is 12.8. The largest absolute Gasteiger partial charge is 0.347 e.